The van der Waals surface area contributed by atoms with Crippen LogP contribution in [-0.2, 0) is 21.5 Å². The van der Waals surface area contributed by atoms with Gasteiger partial charge in [0.25, 0.3) is 0 Å². The molecule has 1 atom stereocenters. The van der Waals surface area contributed by atoms with Crippen molar-refractivity contribution in [1.82, 2.24) is 20.1 Å². The minimum atomic E-state index is -0.534. The minimum Gasteiger partial charge on any atom is -0.381 e. The van der Waals surface area contributed by atoms with E-state index in [1.54, 1.807) is 19.6 Å². The van der Waals surface area contributed by atoms with Crippen LogP contribution < -0.4 is 5.73 Å². The predicted octanol–water partition coefficient (Wildman–Crippen LogP) is 0.687. The van der Waals surface area contributed by atoms with Crippen molar-refractivity contribution in [1.29, 1.82) is 0 Å². The van der Waals surface area contributed by atoms with E-state index in [0.717, 1.165) is 5.69 Å². The largest absolute Gasteiger partial charge is 0.381 e. The molecule has 114 valence electrons. The maximum Gasteiger partial charge on any atom is 0.244 e. The summed E-state index contributed by atoms with van der Waals surface area (Å²) in [6.45, 7) is 1.25. The third-order valence-electron chi connectivity index (χ3n) is 3.85. The van der Waals surface area contributed by atoms with Crippen LogP contribution in [0.1, 0.15) is 36.3 Å². The van der Waals surface area contributed by atoms with Crippen LogP contribution in [0.4, 0.5) is 0 Å². The number of H-pyrrole nitrogens is 1. The third-order valence-corrected chi connectivity index (χ3v) is 3.85. The van der Waals surface area contributed by atoms with Gasteiger partial charge in [0.2, 0.25) is 11.7 Å². The molecule has 1 aliphatic rings. The van der Waals surface area contributed by atoms with E-state index in [2.05, 4.69) is 20.1 Å². The number of imidazole rings is 1. The van der Waals surface area contributed by atoms with Gasteiger partial charge in [0, 0.05) is 51.5 Å². The van der Waals surface area contributed by atoms with Crippen LogP contribution in [0.5, 0.6) is 0 Å². The molecule has 3 rings (SSSR count). The molecule has 0 unspecified atom stereocenters. The zero-order valence-corrected chi connectivity index (χ0v) is 11.9. The lowest BCUT2D eigenvalue weighted by Crippen LogP contribution is -2.36. The first kappa shape index (κ1) is 14.2. The maximum atomic E-state index is 6.10. The molecule has 1 saturated heterocycles. The van der Waals surface area contributed by atoms with Crippen LogP contribution in [0.3, 0.4) is 0 Å². The van der Waals surface area contributed by atoms with Gasteiger partial charge in [-0.05, 0) is 0 Å². The molecule has 8 nitrogen and oxygen atoms in total. The molecule has 2 aromatic rings. The van der Waals surface area contributed by atoms with Gasteiger partial charge in [0.15, 0.2) is 0 Å². The highest BCUT2D eigenvalue weighted by Crippen LogP contribution is 2.34. The van der Waals surface area contributed by atoms with Crippen molar-refractivity contribution in [3.8, 4) is 0 Å². The smallest absolute Gasteiger partial charge is 0.244 e. The molecule has 0 saturated carbocycles. The summed E-state index contributed by atoms with van der Waals surface area (Å²) in [5.41, 5.74) is 6.50. The number of nitrogens with zero attached hydrogens (tertiary/aromatic N) is 3. The van der Waals surface area contributed by atoms with Crippen molar-refractivity contribution in [2.75, 3.05) is 20.3 Å². The van der Waals surface area contributed by atoms with Crippen LogP contribution in [0.25, 0.3) is 0 Å². The lowest BCUT2D eigenvalue weighted by atomic mass is 9.93. The number of aromatic amines is 1. The fourth-order valence-corrected chi connectivity index (χ4v) is 2.51. The number of rotatable bonds is 5. The highest BCUT2D eigenvalue weighted by atomic mass is 16.5. The van der Waals surface area contributed by atoms with E-state index in [4.69, 9.17) is 19.7 Å². The Kier molecular flexibility index (Phi) is 4.00. The molecule has 1 aliphatic heterocycles. The SMILES string of the molecule is COC1(c2noc([C@H](N)Cc3cnc[nH]3)n2)CCOCC1. The fourth-order valence-electron chi connectivity index (χ4n) is 2.51. The highest BCUT2D eigenvalue weighted by molar-refractivity contribution is 5.07. The Morgan fingerprint density at radius 3 is 2.95 bits per heavy atom. The highest BCUT2D eigenvalue weighted by Gasteiger charge is 2.39. The molecule has 3 heterocycles. The second-order valence-electron chi connectivity index (χ2n) is 5.15. The number of nitrogens with one attached hydrogen (secondary N) is 1. The second-order valence-corrected chi connectivity index (χ2v) is 5.15. The van der Waals surface area contributed by atoms with Gasteiger partial charge in [-0.15, -0.1) is 0 Å². The molecule has 2 aromatic heterocycles. The quantitative estimate of drug-likeness (QED) is 0.833. The summed E-state index contributed by atoms with van der Waals surface area (Å²) < 4.78 is 16.3. The predicted molar refractivity (Wildman–Crippen MR) is 72.3 cm³/mol. The number of aromatic nitrogens is 4. The van der Waals surface area contributed by atoms with E-state index in [1.165, 1.54) is 0 Å². The average Bonchev–Trinajstić information content (AvgIpc) is 3.19. The average molecular weight is 293 g/mol. The van der Waals surface area contributed by atoms with Gasteiger partial charge in [0.1, 0.15) is 5.60 Å². The van der Waals surface area contributed by atoms with Crippen molar-refractivity contribution in [2.45, 2.75) is 30.9 Å². The zero-order chi connectivity index (χ0) is 14.7. The molecule has 0 aromatic carbocycles. The monoisotopic (exact) mass is 293 g/mol. The maximum absolute atomic E-state index is 6.10. The summed E-state index contributed by atoms with van der Waals surface area (Å²) in [5.74, 6) is 0.950. The summed E-state index contributed by atoms with van der Waals surface area (Å²) in [7, 11) is 1.66. The number of ether oxygens (including phenoxy) is 2. The first-order chi connectivity index (χ1) is 10.2. The fraction of sp³-hybridized carbons (Fsp3) is 0.615. The molecule has 0 radical (unpaired) electrons. The summed E-state index contributed by atoms with van der Waals surface area (Å²) in [5, 5.41) is 4.06. The number of hydrogen-bond acceptors (Lipinski definition) is 7. The van der Waals surface area contributed by atoms with E-state index in [9.17, 15) is 0 Å². The summed E-state index contributed by atoms with van der Waals surface area (Å²) >= 11 is 0. The van der Waals surface area contributed by atoms with Crippen molar-refractivity contribution < 1.29 is 14.0 Å². The number of methoxy groups -OCH3 is 1. The van der Waals surface area contributed by atoms with Gasteiger partial charge >= 0.3 is 0 Å². The Morgan fingerprint density at radius 2 is 2.29 bits per heavy atom. The van der Waals surface area contributed by atoms with Crippen molar-refractivity contribution >= 4 is 0 Å². The van der Waals surface area contributed by atoms with Crippen molar-refractivity contribution in [3.63, 3.8) is 0 Å². The van der Waals surface area contributed by atoms with Crippen LogP contribution >= 0.6 is 0 Å². The van der Waals surface area contributed by atoms with Gasteiger partial charge in [0.05, 0.1) is 12.4 Å². The number of nitrogens with two attached hydrogens (primary N) is 1. The molecular weight excluding hydrogens is 274 g/mol. The molecule has 8 heteroatoms. The Balaban J connectivity index is 1.75. The Bertz CT molecular complexity index is 562. The van der Waals surface area contributed by atoms with Crippen molar-refractivity contribution in [2.24, 2.45) is 5.73 Å². The molecule has 1 fully saturated rings. The Hall–Kier alpha value is -1.77. The molecule has 21 heavy (non-hydrogen) atoms. The van der Waals surface area contributed by atoms with Gasteiger partial charge < -0.3 is 24.7 Å². The van der Waals surface area contributed by atoms with Gasteiger partial charge in [-0.1, -0.05) is 5.16 Å². The Morgan fingerprint density at radius 1 is 1.48 bits per heavy atom. The summed E-state index contributed by atoms with van der Waals surface area (Å²) in [4.78, 5) is 11.4. The van der Waals surface area contributed by atoms with E-state index < -0.39 is 5.60 Å². The van der Waals surface area contributed by atoms with Crippen molar-refractivity contribution in [3.05, 3.63) is 29.9 Å². The molecule has 0 aliphatic carbocycles. The lowest BCUT2D eigenvalue weighted by molar-refractivity contribution is -0.101. The molecular formula is C13H19N5O3. The standard InChI is InChI=1S/C13H19N5O3/c1-19-13(2-4-20-5-3-13)12-17-11(21-18-12)10(14)6-9-7-15-8-16-9/h7-8,10H,2-6,14H2,1H3,(H,15,16)/t10-/m1/s1. The second kappa shape index (κ2) is 5.92. The first-order valence-electron chi connectivity index (χ1n) is 6.93. The minimum absolute atomic E-state index is 0.375. The Labute approximate surface area is 122 Å². The first-order valence-corrected chi connectivity index (χ1v) is 6.93. The van der Waals surface area contributed by atoms with Gasteiger partial charge in [-0.25, -0.2) is 4.98 Å². The molecule has 0 bridgehead atoms. The van der Waals surface area contributed by atoms with Gasteiger partial charge in [-0.3, -0.25) is 0 Å². The van der Waals surface area contributed by atoms with E-state index in [0.29, 0.717) is 44.2 Å². The van der Waals surface area contributed by atoms with Crippen LogP contribution in [-0.4, -0.2) is 40.4 Å². The lowest BCUT2D eigenvalue weighted by Gasteiger charge is -2.32. The normalized spacial score (nSPS) is 19.5. The van der Waals surface area contributed by atoms with E-state index in [1.807, 2.05) is 0 Å². The zero-order valence-electron chi connectivity index (χ0n) is 11.9. The van der Waals surface area contributed by atoms with Crippen LogP contribution in [0.15, 0.2) is 17.0 Å². The van der Waals surface area contributed by atoms with Gasteiger partial charge in [-0.2, -0.15) is 4.98 Å². The van der Waals surface area contributed by atoms with E-state index >= 15 is 0 Å². The van der Waals surface area contributed by atoms with Crippen LogP contribution in [0, 0.1) is 0 Å². The summed E-state index contributed by atoms with van der Waals surface area (Å²) in [6, 6.07) is -0.375. The van der Waals surface area contributed by atoms with Crippen LogP contribution in [0.2, 0.25) is 0 Å². The molecule has 0 spiro atoms. The third kappa shape index (κ3) is 2.82. The number of hydrogen-bond donors (Lipinski definition) is 2. The summed E-state index contributed by atoms with van der Waals surface area (Å²) in [6.07, 6.45) is 5.32. The molecule has 0 amide bonds. The topological polar surface area (TPSA) is 112 Å². The van der Waals surface area contributed by atoms with E-state index in [-0.39, 0.29) is 6.04 Å². The molecule has 3 N–H and O–H groups in total.